The lowest BCUT2D eigenvalue weighted by molar-refractivity contribution is 0.144. The largest absolute Gasteiger partial charge is 0.316 e. The molecule has 1 atom stereocenters. The van der Waals surface area contributed by atoms with Gasteiger partial charge in [0, 0.05) is 13.6 Å². The summed E-state index contributed by atoms with van der Waals surface area (Å²) in [6, 6.07) is 2.22. The summed E-state index contributed by atoms with van der Waals surface area (Å²) in [5.74, 6) is 1.90. The lowest BCUT2D eigenvalue weighted by atomic mass is 9.84. The Morgan fingerprint density at radius 3 is 2.63 bits per heavy atom. The van der Waals surface area contributed by atoms with Crippen molar-refractivity contribution in [3.8, 4) is 0 Å². The van der Waals surface area contributed by atoms with Crippen molar-refractivity contribution in [3.63, 3.8) is 0 Å². The van der Waals surface area contributed by atoms with Crippen molar-refractivity contribution < 1.29 is 0 Å². The highest BCUT2D eigenvalue weighted by Crippen LogP contribution is 2.29. The summed E-state index contributed by atoms with van der Waals surface area (Å²) in [5.41, 5.74) is 2.47. The molecule has 0 aromatic carbocycles. The second kappa shape index (κ2) is 5.63. The van der Waals surface area contributed by atoms with E-state index in [-0.39, 0.29) is 0 Å². The summed E-state index contributed by atoms with van der Waals surface area (Å²) in [6.07, 6.45) is 4.15. The van der Waals surface area contributed by atoms with Crippen molar-refractivity contribution in [2.45, 2.75) is 32.7 Å². The number of aromatic nitrogens is 2. The molecule has 3 heterocycles. The molecule has 0 aliphatic carbocycles. The van der Waals surface area contributed by atoms with Crippen molar-refractivity contribution in [1.29, 1.82) is 0 Å². The molecule has 1 unspecified atom stereocenters. The van der Waals surface area contributed by atoms with Crippen molar-refractivity contribution in [2.24, 2.45) is 18.9 Å². The smallest absolute Gasteiger partial charge is 0.0597 e. The summed E-state index contributed by atoms with van der Waals surface area (Å²) >= 11 is 0. The fraction of sp³-hybridized carbons (Fsp3) is 0.800. The van der Waals surface area contributed by atoms with E-state index in [0.29, 0.717) is 0 Å². The number of hydrogen-bond donors (Lipinski definition) is 1. The monoisotopic (exact) mass is 262 g/mol. The molecule has 0 bridgehead atoms. The van der Waals surface area contributed by atoms with Gasteiger partial charge in [0.1, 0.15) is 0 Å². The van der Waals surface area contributed by atoms with Crippen LogP contribution in [0.2, 0.25) is 0 Å². The van der Waals surface area contributed by atoms with Crippen LogP contribution in [0.1, 0.15) is 30.7 Å². The predicted molar refractivity (Wildman–Crippen MR) is 76.9 cm³/mol. The first-order chi connectivity index (χ1) is 9.22. The van der Waals surface area contributed by atoms with Gasteiger partial charge in [-0.1, -0.05) is 0 Å². The molecule has 0 spiro atoms. The van der Waals surface area contributed by atoms with Crippen molar-refractivity contribution in [3.05, 3.63) is 17.5 Å². The molecule has 2 aliphatic heterocycles. The number of aryl methyl sites for hydroxylation is 2. The molecule has 0 saturated carbocycles. The van der Waals surface area contributed by atoms with Gasteiger partial charge in [0.2, 0.25) is 0 Å². The molecule has 2 fully saturated rings. The maximum Gasteiger partial charge on any atom is 0.0597 e. The van der Waals surface area contributed by atoms with Gasteiger partial charge in [0.25, 0.3) is 0 Å². The van der Waals surface area contributed by atoms with E-state index in [9.17, 15) is 0 Å². The van der Waals surface area contributed by atoms with Crippen molar-refractivity contribution in [2.75, 3.05) is 26.2 Å². The second-order valence-corrected chi connectivity index (χ2v) is 6.27. The zero-order valence-corrected chi connectivity index (χ0v) is 12.2. The molecule has 2 aliphatic rings. The molecule has 1 aromatic rings. The van der Waals surface area contributed by atoms with Crippen LogP contribution in [0, 0.1) is 18.8 Å². The highest BCUT2D eigenvalue weighted by molar-refractivity contribution is 5.08. The van der Waals surface area contributed by atoms with E-state index in [4.69, 9.17) is 0 Å². The van der Waals surface area contributed by atoms with Crippen LogP contribution in [-0.4, -0.2) is 40.9 Å². The molecule has 0 amide bonds. The third-order valence-electron chi connectivity index (χ3n) is 4.88. The van der Waals surface area contributed by atoms with Crippen molar-refractivity contribution in [1.82, 2.24) is 20.0 Å². The van der Waals surface area contributed by atoms with Crippen LogP contribution < -0.4 is 5.32 Å². The van der Waals surface area contributed by atoms with Gasteiger partial charge in [-0.05, 0) is 70.3 Å². The van der Waals surface area contributed by atoms with Gasteiger partial charge < -0.3 is 5.32 Å². The predicted octanol–water partition coefficient (Wildman–Crippen LogP) is 1.55. The summed E-state index contributed by atoms with van der Waals surface area (Å²) in [5, 5.41) is 7.94. The molecule has 4 nitrogen and oxygen atoms in total. The summed E-state index contributed by atoms with van der Waals surface area (Å²) in [6.45, 7) is 8.14. The van der Waals surface area contributed by atoms with Crippen LogP contribution in [0.3, 0.4) is 0 Å². The minimum Gasteiger partial charge on any atom is -0.316 e. The van der Waals surface area contributed by atoms with Gasteiger partial charge in [-0.2, -0.15) is 5.10 Å². The van der Waals surface area contributed by atoms with Gasteiger partial charge in [0.15, 0.2) is 0 Å². The first-order valence-corrected chi connectivity index (χ1v) is 7.65. The van der Waals surface area contributed by atoms with Crippen LogP contribution in [-0.2, 0) is 13.6 Å². The molecular weight excluding hydrogens is 236 g/mol. The topological polar surface area (TPSA) is 33.1 Å². The van der Waals surface area contributed by atoms with E-state index in [1.54, 1.807) is 0 Å². The Hall–Kier alpha value is -0.870. The van der Waals surface area contributed by atoms with Gasteiger partial charge >= 0.3 is 0 Å². The van der Waals surface area contributed by atoms with E-state index in [1.807, 2.05) is 4.68 Å². The Morgan fingerprint density at radius 1 is 1.26 bits per heavy atom. The van der Waals surface area contributed by atoms with E-state index in [1.165, 1.54) is 51.1 Å². The van der Waals surface area contributed by atoms with Crippen LogP contribution in [0.15, 0.2) is 6.07 Å². The first kappa shape index (κ1) is 13.1. The Kier molecular flexibility index (Phi) is 3.89. The fourth-order valence-electron chi connectivity index (χ4n) is 3.70. The fourth-order valence-corrected chi connectivity index (χ4v) is 3.70. The van der Waals surface area contributed by atoms with Gasteiger partial charge in [-0.15, -0.1) is 0 Å². The highest BCUT2D eigenvalue weighted by atomic mass is 15.3. The third-order valence-corrected chi connectivity index (χ3v) is 4.88. The Balaban J connectivity index is 1.51. The number of piperidine rings is 1. The molecule has 3 rings (SSSR count). The molecule has 4 heteroatoms. The number of hydrogen-bond acceptors (Lipinski definition) is 3. The SMILES string of the molecule is Cc1cc(CN2CCC(C3CCNC3)CC2)n(C)n1. The van der Waals surface area contributed by atoms with Crippen LogP contribution in [0.25, 0.3) is 0 Å². The Labute approximate surface area is 116 Å². The molecular formula is C15H26N4. The number of nitrogens with zero attached hydrogens (tertiary/aromatic N) is 3. The molecule has 1 N–H and O–H groups in total. The quantitative estimate of drug-likeness (QED) is 0.897. The minimum absolute atomic E-state index is 0.945. The van der Waals surface area contributed by atoms with E-state index in [0.717, 1.165) is 24.1 Å². The average molecular weight is 262 g/mol. The van der Waals surface area contributed by atoms with Gasteiger partial charge in [-0.3, -0.25) is 9.58 Å². The molecule has 2 saturated heterocycles. The number of nitrogens with one attached hydrogen (secondary N) is 1. The Morgan fingerprint density at radius 2 is 2.05 bits per heavy atom. The zero-order valence-electron chi connectivity index (χ0n) is 12.2. The maximum atomic E-state index is 4.44. The molecule has 106 valence electrons. The standard InChI is InChI=1S/C15H26N4/c1-12-9-15(18(2)17-12)11-19-7-4-13(5-8-19)14-3-6-16-10-14/h9,13-14,16H,3-8,10-11H2,1-2H3. The summed E-state index contributed by atoms with van der Waals surface area (Å²) < 4.78 is 2.03. The first-order valence-electron chi connectivity index (χ1n) is 7.65. The van der Waals surface area contributed by atoms with Crippen LogP contribution in [0.5, 0.6) is 0 Å². The summed E-state index contributed by atoms with van der Waals surface area (Å²) in [7, 11) is 2.05. The lowest BCUT2D eigenvalue weighted by Crippen LogP contribution is -2.36. The van der Waals surface area contributed by atoms with E-state index >= 15 is 0 Å². The number of likely N-dealkylation sites (tertiary alicyclic amines) is 1. The summed E-state index contributed by atoms with van der Waals surface area (Å²) in [4.78, 5) is 2.59. The average Bonchev–Trinajstić information content (AvgIpc) is 3.01. The van der Waals surface area contributed by atoms with E-state index < -0.39 is 0 Å². The lowest BCUT2D eigenvalue weighted by Gasteiger charge is -2.34. The molecule has 1 aromatic heterocycles. The third kappa shape index (κ3) is 3.00. The van der Waals surface area contributed by atoms with Gasteiger partial charge in [0.05, 0.1) is 11.4 Å². The Bertz CT molecular complexity index is 412. The van der Waals surface area contributed by atoms with Crippen LogP contribution >= 0.6 is 0 Å². The van der Waals surface area contributed by atoms with E-state index in [2.05, 4.69) is 35.4 Å². The maximum absolute atomic E-state index is 4.44. The zero-order chi connectivity index (χ0) is 13.2. The van der Waals surface area contributed by atoms with Crippen LogP contribution in [0.4, 0.5) is 0 Å². The minimum atomic E-state index is 0.945. The van der Waals surface area contributed by atoms with Gasteiger partial charge in [-0.25, -0.2) is 0 Å². The highest BCUT2D eigenvalue weighted by Gasteiger charge is 2.28. The normalized spacial score (nSPS) is 26.1. The molecule has 0 radical (unpaired) electrons. The molecule has 19 heavy (non-hydrogen) atoms. The van der Waals surface area contributed by atoms with Crippen molar-refractivity contribution >= 4 is 0 Å². The number of rotatable bonds is 3. The second-order valence-electron chi connectivity index (χ2n) is 6.27.